The van der Waals surface area contributed by atoms with E-state index in [1.165, 1.54) is 24.0 Å². The SMILES string of the molecule is COc1ccc(CCCCCN)cc1C. The maximum absolute atomic E-state index is 5.45. The summed E-state index contributed by atoms with van der Waals surface area (Å²) in [6.07, 6.45) is 4.73. The Balaban J connectivity index is 2.45. The second-order valence-electron chi connectivity index (χ2n) is 3.90. The summed E-state index contributed by atoms with van der Waals surface area (Å²) in [6, 6.07) is 6.41. The van der Waals surface area contributed by atoms with Crippen molar-refractivity contribution in [3.8, 4) is 5.75 Å². The zero-order valence-corrected chi connectivity index (χ0v) is 9.75. The van der Waals surface area contributed by atoms with Crippen LogP contribution in [-0.2, 0) is 6.42 Å². The average molecular weight is 207 g/mol. The van der Waals surface area contributed by atoms with E-state index in [9.17, 15) is 0 Å². The summed E-state index contributed by atoms with van der Waals surface area (Å²) in [7, 11) is 1.71. The maximum Gasteiger partial charge on any atom is 0.121 e. The van der Waals surface area contributed by atoms with Gasteiger partial charge in [-0.15, -0.1) is 0 Å². The van der Waals surface area contributed by atoms with Gasteiger partial charge in [0, 0.05) is 0 Å². The van der Waals surface area contributed by atoms with Crippen molar-refractivity contribution in [3.63, 3.8) is 0 Å². The summed E-state index contributed by atoms with van der Waals surface area (Å²) < 4.78 is 5.23. The zero-order valence-electron chi connectivity index (χ0n) is 9.75. The molecule has 84 valence electrons. The van der Waals surface area contributed by atoms with Gasteiger partial charge in [-0.3, -0.25) is 0 Å². The Kier molecular flexibility index (Phi) is 5.19. The highest BCUT2D eigenvalue weighted by atomic mass is 16.5. The predicted octanol–water partition coefficient (Wildman–Crippen LogP) is 2.68. The van der Waals surface area contributed by atoms with Gasteiger partial charge in [0.25, 0.3) is 0 Å². The van der Waals surface area contributed by atoms with Crippen molar-refractivity contribution < 1.29 is 4.74 Å². The Morgan fingerprint density at radius 3 is 2.60 bits per heavy atom. The third kappa shape index (κ3) is 3.92. The molecule has 1 aromatic carbocycles. The van der Waals surface area contributed by atoms with Gasteiger partial charge in [-0.1, -0.05) is 18.6 Å². The molecule has 0 bridgehead atoms. The molecule has 0 aliphatic rings. The molecule has 0 amide bonds. The Labute approximate surface area is 92.4 Å². The first kappa shape index (κ1) is 12.1. The van der Waals surface area contributed by atoms with Gasteiger partial charge in [0.1, 0.15) is 5.75 Å². The fraction of sp³-hybridized carbons (Fsp3) is 0.538. The number of methoxy groups -OCH3 is 1. The molecular formula is C13H21NO. The highest BCUT2D eigenvalue weighted by molar-refractivity contribution is 5.36. The molecule has 0 saturated heterocycles. The monoisotopic (exact) mass is 207 g/mol. The number of ether oxygens (including phenoxy) is 1. The van der Waals surface area contributed by atoms with Gasteiger partial charge in [-0.2, -0.15) is 0 Å². The molecule has 0 atom stereocenters. The number of unbranched alkanes of at least 4 members (excludes halogenated alkanes) is 2. The van der Waals surface area contributed by atoms with Crippen molar-refractivity contribution in [2.45, 2.75) is 32.6 Å². The number of rotatable bonds is 6. The molecule has 2 heteroatoms. The van der Waals surface area contributed by atoms with Gasteiger partial charge < -0.3 is 10.5 Å². The summed E-state index contributed by atoms with van der Waals surface area (Å²) in [5.41, 5.74) is 8.06. The van der Waals surface area contributed by atoms with Gasteiger partial charge in [-0.05, 0) is 49.9 Å². The molecule has 2 N–H and O–H groups in total. The van der Waals surface area contributed by atoms with E-state index in [0.29, 0.717) is 0 Å². The Hall–Kier alpha value is -1.02. The van der Waals surface area contributed by atoms with Crippen LogP contribution in [0.25, 0.3) is 0 Å². The van der Waals surface area contributed by atoms with Crippen LogP contribution in [0.15, 0.2) is 18.2 Å². The van der Waals surface area contributed by atoms with E-state index in [1.807, 2.05) is 6.07 Å². The van der Waals surface area contributed by atoms with Crippen LogP contribution in [0.2, 0.25) is 0 Å². The summed E-state index contributed by atoms with van der Waals surface area (Å²) in [6.45, 7) is 2.89. The van der Waals surface area contributed by atoms with Crippen LogP contribution < -0.4 is 10.5 Å². The minimum Gasteiger partial charge on any atom is -0.496 e. The molecule has 0 aliphatic carbocycles. The van der Waals surface area contributed by atoms with Crippen LogP contribution >= 0.6 is 0 Å². The second kappa shape index (κ2) is 6.46. The topological polar surface area (TPSA) is 35.2 Å². The molecule has 0 radical (unpaired) electrons. The lowest BCUT2D eigenvalue weighted by Gasteiger charge is -2.07. The molecule has 0 saturated carbocycles. The van der Waals surface area contributed by atoms with Crippen molar-refractivity contribution in [1.82, 2.24) is 0 Å². The Morgan fingerprint density at radius 1 is 1.20 bits per heavy atom. The fourth-order valence-corrected chi connectivity index (χ4v) is 1.75. The van der Waals surface area contributed by atoms with Crippen LogP contribution in [0.3, 0.4) is 0 Å². The first-order chi connectivity index (χ1) is 7.27. The fourth-order valence-electron chi connectivity index (χ4n) is 1.75. The lowest BCUT2D eigenvalue weighted by Crippen LogP contribution is -1.98. The number of benzene rings is 1. The van der Waals surface area contributed by atoms with Crippen LogP contribution in [0.5, 0.6) is 5.75 Å². The normalized spacial score (nSPS) is 10.3. The van der Waals surface area contributed by atoms with Crippen molar-refractivity contribution in [3.05, 3.63) is 29.3 Å². The molecule has 0 aliphatic heterocycles. The standard InChI is InChI=1S/C13H21NO/c1-11-10-12(6-4-3-5-9-14)7-8-13(11)15-2/h7-8,10H,3-6,9,14H2,1-2H3. The van der Waals surface area contributed by atoms with E-state index in [4.69, 9.17) is 10.5 Å². The average Bonchev–Trinajstić information content (AvgIpc) is 2.25. The largest absolute Gasteiger partial charge is 0.496 e. The third-order valence-corrected chi connectivity index (χ3v) is 2.63. The summed E-state index contributed by atoms with van der Waals surface area (Å²) in [5, 5.41) is 0. The zero-order chi connectivity index (χ0) is 11.1. The smallest absolute Gasteiger partial charge is 0.121 e. The van der Waals surface area contributed by atoms with E-state index in [-0.39, 0.29) is 0 Å². The quantitative estimate of drug-likeness (QED) is 0.728. The molecular weight excluding hydrogens is 186 g/mol. The third-order valence-electron chi connectivity index (χ3n) is 2.63. The second-order valence-corrected chi connectivity index (χ2v) is 3.90. The van der Waals surface area contributed by atoms with Crippen LogP contribution in [0.1, 0.15) is 30.4 Å². The predicted molar refractivity (Wildman–Crippen MR) is 64.3 cm³/mol. The van der Waals surface area contributed by atoms with Gasteiger partial charge in [0.15, 0.2) is 0 Å². The summed E-state index contributed by atoms with van der Waals surface area (Å²) in [4.78, 5) is 0. The molecule has 1 aromatic rings. The number of hydrogen-bond acceptors (Lipinski definition) is 2. The minimum atomic E-state index is 0.807. The summed E-state index contributed by atoms with van der Waals surface area (Å²) >= 11 is 0. The van der Waals surface area contributed by atoms with Crippen molar-refractivity contribution in [2.75, 3.05) is 13.7 Å². The molecule has 1 rings (SSSR count). The van der Waals surface area contributed by atoms with E-state index >= 15 is 0 Å². The Morgan fingerprint density at radius 2 is 2.00 bits per heavy atom. The molecule has 0 aromatic heterocycles. The molecule has 2 nitrogen and oxygen atoms in total. The van der Waals surface area contributed by atoms with Crippen LogP contribution in [0.4, 0.5) is 0 Å². The van der Waals surface area contributed by atoms with Gasteiger partial charge in [0.2, 0.25) is 0 Å². The van der Waals surface area contributed by atoms with Crippen molar-refractivity contribution in [2.24, 2.45) is 5.73 Å². The Bertz CT molecular complexity index is 297. The van der Waals surface area contributed by atoms with Crippen molar-refractivity contribution in [1.29, 1.82) is 0 Å². The van der Waals surface area contributed by atoms with Crippen LogP contribution in [-0.4, -0.2) is 13.7 Å². The van der Waals surface area contributed by atoms with E-state index in [0.717, 1.165) is 25.1 Å². The van der Waals surface area contributed by atoms with E-state index < -0.39 is 0 Å². The van der Waals surface area contributed by atoms with Gasteiger partial charge in [-0.25, -0.2) is 0 Å². The van der Waals surface area contributed by atoms with Gasteiger partial charge >= 0.3 is 0 Å². The summed E-state index contributed by atoms with van der Waals surface area (Å²) in [5.74, 6) is 0.973. The highest BCUT2D eigenvalue weighted by Crippen LogP contribution is 2.19. The molecule has 0 unspecified atom stereocenters. The first-order valence-electron chi connectivity index (χ1n) is 5.61. The molecule has 0 fully saturated rings. The molecule has 15 heavy (non-hydrogen) atoms. The number of nitrogens with two attached hydrogens (primary N) is 1. The number of hydrogen-bond donors (Lipinski definition) is 1. The van der Waals surface area contributed by atoms with Crippen LogP contribution in [0, 0.1) is 6.92 Å². The maximum atomic E-state index is 5.45. The highest BCUT2D eigenvalue weighted by Gasteiger charge is 1.99. The van der Waals surface area contributed by atoms with Crippen molar-refractivity contribution >= 4 is 0 Å². The first-order valence-corrected chi connectivity index (χ1v) is 5.61. The van der Waals surface area contributed by atoms with E-state index in [2.05, 4.69) is 19.1 Å². The molecule has 0 spiro atoms. The minimum absolute atomic E-state index is 0.807. The van der Waals surface area contributed by atoms with E-state index in [1.54, 1.807) is 7.11 Å². The lowest BCUT2D eigenvalue weighted by molar-refractivity contribution is 0.411. The number of aryl methyl sites for hydroxylation is 2. The molecule has 0 heterocycles. The van der Waals surface area contributed by atoms with Gasteiger partial charge in [0.05, 0.1) is 7.11 Å². The lowest BCUT2D eigenvalue weighted by atomic mass is 10.0.